The second kappa shape index (κ2) is 4.35. The molecule has 2 rings (SSSR count). The van der Waals surface area contributed by atoms with Gasteiger partial charge in [0.25, 0.3) is 0 Å². The lowest BCUT2D eigenvalue weighted by Gasteiger charge is -2.28. The van der Waals surface area contributed by atoms with Crippen LogP contribution >= 0.6 is 0 Å². The van der Waals surface area contributed by atoms with Gasteiger partial charge >= 0.3 is 5.97 Å². The molecule has 2 heterocycles. The topological polar surface area (TPSA) is 29.5 Å². The average molecular weight is 209 g/mol. The third kappa shape index (κ3) is 2.07. The lowest BCUT2D eigenvalue weighted by Crippen LogP contribution is -2.36. The monoisotopic (exact) mass is 209 g/mol. The fraction of sp³-hybridized carbons (Fsp3) is 0.750. The predicted octanol–water partition coefficient (Wildman–Crippen LogP) is 1.73. The molecule has 0 spiro atoms. The van der Waals surface area contributed by atoms with Gasteiger partial charge in [-0.1, -0.05) is 6.08 Å². The van der Waals surface area contributed by atoms with E-state index in [0.717, 1.165) is 0 Å². The molecule has 2 aliphatic rings. The summed E-state index contributed by atoms with van der Waals surface area (Å²) in [6.45, 7) is 4.67. The van der Waals surface area contributed by atoms with Crippen LogP contribution in [0.5, 0.6) is 0 Å². The summed E-state index contributed by atoms with van der Waals surface area (Å²) >= 11 is 0. The molecule has 0 aromatic heterocycles. The van der Waals surface area contributed by atoms with E-state index in [9.17, 15) is 4.79 Å². The molecule has 0 atom stereocenters. The highest BCUT2D eigenvalue weighted by atomic mass is 16.5. The minimum absolute atomic E-state index is 0.187. The first kappa shape index (κ1) is 10.7. The van der Waals surface area contributed by atoms with Gasteiger partial charge in [0.05, 0.1) is 6.61 Å². The van der Waals surface area contributed by atoms with E-state index in [1.165, 1.54) is 38.8 Å². The molecule has 0 N–H and O–H groups in total. The van der Waals surface area contributed by atoms with Gasteiger partial charge in [-0.15, -0.1) is 0 Å². The quantitative estimate of drug-likeness (QED) is 0.523. The summed E-state index contributed by atoms with van der Waals surface area (Å²) in [4.78, 5) is 13.8. The van der Waals surface area contributed by atoms with Crippen molar-refractivity contribution >= 4 is 5.97 Å². The third-order valence-corrected chi connectivity index (χ3v) is 3.52. The van der Waals surface area contributed by atoms with Crippen molar-refractivity contribution in [3.05, 3.63) is 12.2 Å². The molecule has 0 aliphatic carbocycles. The Morgan fingerprint density at radius 2 is 2.07 bits per heavy atom. The summed E-state index contributed by atoms with van der Waals surface area (Å²) in [6, 6.07) is 0. The van der Waals surface area contributed by atoms with Gasteiger partial charge in [-0.3, -0.25) is 4.90 Å². The maximum Gasteiger partial charge on any atom is 0.330 e. The number of hydrogen-bond acceptors (Lipinski definition) is 3. The van der Waals surface area contributed by atoms with Crippen LogP contribution in [0.15, 0.2) is 12.2 Å². The summed E-state index contributed by atoms with van der Waals surface area (Å²) in [6.07, 6.45) is 8.60. The van der Waals surface area contributed by atoms with E-state index < -0.39 is 0 Å². The zero-order chi connectivity index (χ0) is 10.7. The van der Waals surface area contributed by atoms with Crippen LogP contribution in [-0.4, -0.2) is 36.1 Å². The highest BCUT2D eigenvalue weighted by Crippen LogP contribution is 2.39. The van der Waals surface area contributed by atoms with Crippen LogP contribution in [-0.2, 0) is 9.53 Å². The summed E-state index contributed by atoms with van der Waals surface area (Å²) in [5, 5.41) is 0. The van der Waals surface area contributed by atoms with Crippen molar-refractivity contribution < 1.29 is 9.53 Å². The lowest BCUT2D eigenvalue weighted by molar-refractivity contribution is -0.137. The first-order valence-corrected chi connectivity index (χ1v) is 5.88. The molecule has 0 saturated carbocycles. The fourth-order valence-corrected chi connectivity index (χ4v) is 2.84. The number of esters is 1. The Morgan fingerprint density at radius 1 is 1.40 bits per heavy atom. The minimum Gasteiger partial charge on any atom is -0.463 e. The second-order valence-electron chi connectivity index (χ2n) is 4.38. The molecule has 0 amide bonds. The summed E-state index contributed by atoms with van der Waals surface area (Å²) in [7, 11) is 0. The molecule has 0 bridgehead atoms. The standard InChI is InChI=1S/C12H19NO2/c1-2-15-11(14)5-8-12-6-3-9-13(12)10-4-7-12/h5,8H,2-4,6-7,9-10H2,1H3. The number of rotatable bonds is 3. The van der Waals surface area contributed by atoms with Crippen molar-refractivity contribution in [2.45, 2.75) is 38.1 Å². The second-order valence-corrected chi connectivity index (χ2v) is 4.38. The Kier molecular flexibility index (Phi) is 3.10. The van der Waals surface area contributed by atoms with Crippen LogP contribution in [0.2, 0.25) is 0 Å². The van der Waals surface area contributed by atoms with Crippen molar-refractivity contribution in [3.8, 4) is 0 Å². The molecule has 0 radical (unpaired) electrons. The van der Waals surface area contributed by atoms with Gasteiger partial charge in [-0.05, 0) is 45.7 Å². The largest absolute Gasteiger partial charge is 0.463 e. The molecule has 0 unspecified atom stereocenters. The van der Waals surface area contributed by atoms with E-state index in [1.807, 2.05) is 6.92 Å². The zero-order valence-electron chi connectivity index (χ0n) is 9.37. The maximum absolute atomic E-state index is 11.3. The zero-order valence-corrected chi connectivity index (χ0v) is 9.37. The van der Waals surface area contributed by atoms with Crippen LogP contribution in [0, 0.1) is 0 Å². The number of ether oxygens (including phenoxy) is 1. The summed E-state index contributed by atoms with van der Waals surface area (Å²) in [5.74, 6) is -0.203. The van der Waals surface area contributed by atoms with Crippen LogP contribution in [0.25, 0.3) is 0 Å². The smallest absolute Gasteiger partial charge is 0.330 e. The summed E-state index contributed by atoms with van der Waals surface area (Å²) in [5.41, 5.74) is 0.187. The SMILES string of the molecule is CCOC(=O)C=CC12CCCN1CCC2. The number of nitrogens with zero attached hydrogens (tertiary/aromatic N) is 1. The van der Waals surface area contributed by atoms with E-state index in [1.54, 1.807) is 6.08 Å². The Bertz CT molecular complexity index is 263. The molecule has 3 heteroatoms. The van der Waals surface area contributed by atoms with E-state index in [4.69, 9.17) is 4.74 Å². The first-order chi connectivity index (χ1) is 7.27. The van der Waals surface area contributed by atoms with Crippen molar-refractivity contribution in [2.24, 2.45) is 0 Å². The molecule has 2 saturated heterocycles. The predicted molar refractivity (Wildman–Crippen MR) is 58.5 cm³/mol. The average Bonchev–Trinajstić information content (AvgIpc) is 2.73. The van der Waals surface area contributed by atoms with Crippen LogP contribution < -0.4 is 0 Å². The molecule has 15 heavy (non-hydrogen) atoms. The van der Waals surface area contributed by atoms with Crippen LogP contribution in [0.4, 0.5) is 0 Å². The Hall–Kier alpha value is -0.830. The maximum atomic E-state index is 11.3. The van der Waals surface area contributed by atoms with Gasteiger partial charge in [-0.25, -0.2) is 4.79 Å². The molecule has 0 aromatic rings. The Balaban J connectivity index is 2.00. The first-order valence-electron chi connectivity index (χ1n) is 5.88. The Morgan fingerprint density at radius 3 is 2.67 bits per heavy atom. The molecular weight excluding hydrogens is 190 g/mol. The van der Waals surface area contributed by atoms with Crippen molar-refractivity contribution in [1.29, 1.82) is 0 Å². The lowest BCUT2D eigenvalue weighted by atomic mass is 9.94. The van der Waals surface area contributed by atoms with E-state index in [2.05, 4.69) is 11.0 Å². The molecule has 2 aliphatic heterocycles. The van der Waals surface area contributed by atoms with Crippen molar-refractivity contribution in [1.82, 2.24) is 4.90 Å². The molecular formula is C12H19NO2. The molecule has 3 nitrogen and oxygen atoms in total. The van der Waals surface area contributed by atoms with E-state index in [-0.39, 0.29) is 11.5 Å². The van der Waals surface area contributed by atoms with Gasteiger partial charge in [-0.2, -0.15) is 0 Å². The van der Waals surface area contributed by atoms with Crippen LogP contribution in [0.3, 0.4) is 0 Å². The van der Waals surface area contributed by atoms with E-state index in [0.29, 0.717) is 6.61 Å². The molecule has 2 fully saturated rings. The normalized spacial score (nSPS) is 24.6. The highest BCUT2D eigenvalue weighted by molar-refractivity contribution is 5.82. The fourth-order valence-electron chi connectivity index (χ4n) is 2.84. The summed E-state index contributed by atoms with van der Waals surface area (Å²) < 4.78 is 4.90. The van der Waals surface area contributed by atoms with Crippen LogP contribution in [0.1, 0.15) is 32.6 Å². The van der Waals surface area contributed by atoms with Crippen molar-refractivity contribution in [2.75, 3.05) is 19.7 Å². The molecule has 0 aromatic carbocycles. The minimum atomic E-state index is -0.203. The van der Waals surface area contributed by atoms with Gasteiger partial charge < -0.3 is 4.74 Å². The third-order valence-electron chi connectivity index (χ3n) is 3.52. The number of hydrogen-bond donors (Lipinski definition) is 0. The van der Waals surface area contributed by atoms with Gasteiger partial charge in [0.1, 0.15) is 0 Å². The van der Waals surface area contributed by atoms with Gasteiger partial charge in [0.2, 0.25) is 0 Å². The van der Waals surface area contributed by atoms with E-state index >= 15 is 0 Å². The number of carbonyl (C=O) groups is 1. The van der Waals surface area contributed by atoms with Gasteiger partial charge in [0, 0.05) is 11.6 Å². The molecule has 84 valence electrons. The number of fused-ring (bicyclic) bond motifs is 1. The Labute approximate surface area is 91.1 Å². The number of carbonyl (C=O) groups excluding carboxylic acids is 1. The highest BCUT2D eigenvalue weighted by Gasteiger charge is 2.42. The van der Waals surface area contributed by atoms with Crippen molar-refractivity contribution in [3.63, 3.8) is 0 Å². The van der Waals surface area contributed by atoms with Gasteiger partial charge in [0.15, 0.2) is 0 Å².